The Labute approximate surface area is 140 Å². The number of rotatable bonds is 5. The van der Waals surface area contributed by atoms with E-state index in [-0.39, 0.29) is 25.0 Å². The Morgan fingerprint density at radius 1 is 1.33 bits per heavy atom. The molecule has 0 spiro atoms. The maximum atomic E-state index is 12.9. The lowest BCUT2D eigenvalue weighted by Gasteiger charge is -2.31. The Bertz CT molecular complexity index is 656. The fourth-order valence-electron chi connectivity index (χ4n) is 4.00. The molecule has 0 bridgehead atoms. The van der Waals surface area contributed by atoms with Gasteiger partial charge in [-0.1, -0.05) is 6.92 Å². The molecule has 3 rings (SSSR count). The molecule has 2 fully saturated rings. The highest BCUT2D eigenvalue weighted by Gasteiger charge is 2.68. The summed E-state index contributed by atoms with van der Waals surface area (Å²) in [6.07, 6.45) is 1.86. The van der Waals surface area contributed by atoms with E-state index in [4.69, 9.17) is 9.15 Å². The summed E-state index contributed by atoms with van der Waals surface area (Å²) in [5.74, 6) is -1.96. The number of nitrogens with one attached hydrogen (secondary N) is 1. The highest BCUT2D eigenvalue weighted by atomic mass is 16.5. The predicted octanol–water partition coefficient (Wildman–Crippen LogP) is 1.26. The van der Waals surface area contributed by atoms with Gasteiger partial charge in [-0.15, -0.1) is 0 Å². The molecule has 0 radical (unpaired) electrons. The van der Waals surface area contributed by atoms with Gasteiger partial charge in [0.15, 0.2) is 0 Å². The summed E-state index contributed by atoms with van der Waals surface area (Å²) in [6, 6.07) is 2.95. The summed E-state index contributed by atoms with van der Waals surface area (Å²) in [5.41, 5.74) is -1.21. The predicted molar refractivity (Wildman–Crippen MR) is 83.6 cm³/mol. The van der Waals surface area contributed by atoms with Crippen molar-refractivity contribution in [2.45, 2.75) is 38.8 Å². The molecule has 0 saturated carbocycles. The van der Waals surface area contributed by atoms with Gasteiger partial charge in [0.1, 0.15) is 11.3 Å². The topological polar surface area (TPSA) is 88.8 Å². The van der Waals surface area contributed by atoms with E-state index >= 15 is 0 Å². The third-order valence-corrected chi connectivity index (χ3v) is 5.11. The lowest BCUT2D eigenvalue weighted by molar-refractivity contribution is -0.156. The first-order chi connectivity index (χ1) is 11.5. The first-order valence-corrected chi connectivity index (χ1v) is 8.35. The van der Waals surface area contributed by atoms with Gasteiger partial charge in [0.2, 0.25) is 11.8 Å². The zero-order valence-electron chi connectivity index (χ0n) is 14.1. The number of likely N-dealkylation sites (tertiary alicyclic amines) is 1. The van der Waals surface area contributed by atoms with E-state index in [1.165, 1.54) is 11.2 Å². The second-order valence-corrected chi connectivity index (χ2v) is 6.11. The summed E-state index contributed by atoms with van der Waals surface area (Å²) < 4.78 is 10.7. The number of amides is 2. The standard InChI is InChI=1S/C17H22N2O5/c1-4-17(16(22)23-6-3)12-11(14(20)19(5-2)15(12)21)13(18-17)10-8-7-9-24-10/h7-9,11-13,18H,4-6H2,1-3H3/t11-,12+,13-,17-/m0/s1. The molecule has 2 saturated heterocycles. The summed E-state index contributed by atoms with van der Waals surface area (Å²) in [4.78, 5) is 39.6. The van der Waals surface area contributed by atoms with Crippen molar-refractivity contribution in [1.82, 2.24) is 10.2 Å². The third-order valence-electron chi connectivity index (χ3n) is 5.11. The van der Waals surface area contributed by atoms with E-state index in [0.29, 0.717) is 12.2 Å². The molecule has 0 aliphatic carbocycles. The van der Waals surface area contributed by atoms with Crippen LogP contribution >= 0.6 is 0 Å². The molecule has 3 heterocycles. The van der Waals surface area contributed by atoms with E-state index in [1.807, 2.05) is 6.92 Å². The van der Waals surface area contributed by atoms with Crippen LogP contribution < -0.4 is 5.32 Å². The molecule has 2 amide bonds. The highest BCUT2D eigenvalue weighted by molar-refractivity contribution is 6.09. The van der Waals surface area contributed by atoms with Gasteiger partial charge in [-0.05, 0) is 32.4 Å². The molecule has 1 aromatic rings. The van der Waals surface area contributed by atoms with Gasteiger partial charge in [0.05, 0.1) is 30.7 Å². The van der Waals surface area contributed by atoms with Crippen molar-refractivity contribution < 1.29 is 23.5 Å². The number of hydrogen-bond donors (Lipinski definition) is 1. The average Bonchev–Trinajstić information content (AvgIpc) is 3.25. The first-order valence-electron chi connectivity index (χ1n) is 8.35. The molecular weight excluding hydrogens is 312 g/mol. The number of furan rings is 1. The molecule has 7 heteroatoms. The Hall–Kier alpha value is -2.15. The monoisotopic (exact) mass is 334 g/mol. The van der Waals surface area contributed by atoms with Gasteiger partial charge < -0.3 is 9.15 Å². The van der Waals surface area contributed by atoms with Crippen molar-refractivity contribution in [3.05, 3.63) is 24.2 Å². The van der Waals surface area contributed by atoms with Gasteiger partial charge in [0, 0.05) is 6.54 Å². The van der Waals surface area contributed by atoms with Crippen LogP contribution in [0.4, 0.5) is 0 Å². The number of carbonyl (C=O) groups excluding carboxylic acids is 3. The molecule has 1 N–H and O–H groups in total. The SMILES string of the molecule is CCOC(=O)[C@@]1(CC)N[C@@H](c2ccco2)[C@H]2C(=O)N(CC)C(=O)[C@@H]21. The lowest BCUT2D eigenvalue weighted by Crippen LogP contribution is -2.56. The largest absolute Gasteiger partial charge is 0.468 e. The molecule has 4 atom stereocenters. The van der Waals surface area contributed by atoms with Gasteiger partial charge >= 0.3 is 5.97 Å². The second kappa shape index (κ2) is 6.05. The minimum atomic E-state index is -1.21. The molecule has 130 valence electrons. The molecule has 2 aliphatic rings. The molecule has 0 unspecified atom stereocenters. The highest BCUT2D eigenvalue weighted by Crippen LogP contribution is 2.50. The maximum absolute atomic E-state index is 12.9. The third kappa shape index (κ3) is 2.11. The number of ether oxygens (including phenoxy) is 1. The number of nitrogens with zero attached hydrogens (tertiary/aromatic N) is 1. The second-order valence-electron chi connectivity index (χ2n) is 6.11. The number of hydrogen-bond acceptors (Lipinski definition) is 6. The summed E-state index contributed by atoms with van der Waals surface area (Å²) >= 11 is 0. The van der Waals surface area contributed by atoms with E-state index in [9.17, 15) is 14.4 Å². The van der Waals surface area contributed by atoms with Crippen LogP contribution in [0.5, 0.6) is 0 Å². The molecule has 7 nitrogen and oxygen atoms in total. The normalized spacial score (nSPS) is 32.3. The zero-order valence-corrected chi connectivity index (χ0v) is 14.1. The number of imide groups is 1. The van der Waals surface area contributed by atoms with Crippen LogP contribution in [0, 0.1) is 11.8 Å². The smallest absolute Gasteiger partial charge is 0.327 e. The maximum Gasteiger partial charge on any atom is 0.327 e. The van der Waals surface area contributed by atoms with Crippen molar-refractivity contribution in [3.8, 4) is 0 Å². The van der Waals surface area contributed by atoms with Crippen molar-refractivity contribution in [2.75, 3.05) is 13.2 Å². The summed E-state index contributed by atoms with van der Waals surface area (Å²) in [6.45, 7) is 5.79. The van der Waals surface area contributed by atoms with E-state index in [1.54, 1.807) is 26.0 Å². The molecular formula is C17H22N2O5. The lowest BCUT2D eigenvalue weighted by atomic mass is 9.78. The fraction of sp³-hybridized carbons (Fsp3) is 0.588. The van der Waals surface area contributed by atoms with Crippen molar-refractivity contribution in [2.24, 2.45) is 11.8 Å². The van der Waals surface area contributed by atoms with Crippen LogP contribution in [0.1, 0.15) is 39.0 Å². The minimum absolute atomic E-state index is 0.213. The summed E-state index contributed by atoms with van der Waals surface area (Å²) in [7, 11) is 0. The average molecular weight is 334 g/mol. The zero-order chi connectivity index (χ0) is 17.5. The van der Waals surface area contributed by atoms with Crippen LogP contribution in [-0.2, 0) is 19.1 Å². The minimum Gasteiger partial charge on any atom is -0.468 e. The Balaban J connectivity index is 2.10. The molecule has 1 aromatic heterocycles. The fourth-order valence-corrected chi connectivity index (χ4v) is 4.00. The van der Waals surface area contributed by atoms with Crippen LogP contribution in [-0.4, -0.2) is 41.4 Å². The number of carbonyl (C=O) groups is 3. The van der Waals surface area contributed by atoms with Gasteiger partial charge in [0.25, 0.3) is 0 Å². The molecule has 24 heavy (non-hydrogen) atoms. The Morgan fingerprint density at radius 3 is 2.62 bits per heavy atom. The number of esters is 1. The van der Waals surface area contributed by atoms with Crippen LogP contribution in [0.2, 0.25) is 0 Å². The Morgan fingerprint density at radius 2 is 2.08 bits per heavy atom. The van der Waals surface area contributed by atoms with E-state index in [0.717, 1.165) is 0 Å². The first kappa shape index (κ1) is 16.7. The molecule has 2 aliphatic heterocycles. The van der Waals surface area contributed by atoms with Gasteiger partial charge in [-0.2, -0.15) is 0 Å². The molecule has 0 aromatic carbocycles. The van der Waals surface area contributed by atoms with Crippen LogP contribution in [0.3, 0.4) is 0 Å². The quantitative estimate of drug-likeness (QED) is 0.644. The van der Waals surface area contributed by atoms with E-state index in [2.05, 4.69) is 5.32 Å². The Kier molecular flexibility index (Phi) is 4.21. The van der Waals surface area contributed by atoms with Crippen molar-refractivity contribution >= 4 is 17.8 Å². The van der Waals surface area contributed by atoms with Crippen molar-refractivity contribution in [3.63, 3.8) is 0 Å². The van der Waals surface area contributed by atoms with Crippen LogP contribution in [0.15, 0.2) is 22.8 Å². The van der Waals surface area contributed by atoms with Gasteiger partial charge in [-0.3, -0.25) is 24.6 Å². The summed E-state index contributed by atoms with van der Waals surface area (Å²) in [5, 5.41) is 3.21. The van der Waals surface area contributed by atoms with E-state index < -0.39 is 29.4 Å². The number of fused-ring (bicyclic) bond motifs is 1. The van der Waals surface area contributed by atoms with Crippen LogP contribution in [0.25, 0.3) is 0 Å². The van der Waals surface area contributed by atoms with Crippen molar-refractivity contribution in [1.29, 1.82) is 0 Å². The van der Waals surface area contributed by atoms with Gasteiger partial charge in [-0.25, -0.2) is 0 Å².